The van der Waals surface area contributed by atoms with Crippen LogP contribution < -0.4 is 9.47 Å². The number of hydrogen-bond donors (Lipinski definition) is 1. The van der Waals surface area contributed by atoms with Crippen molar-refractivity contribution in [2.24, 2.45) is 0 Å². The molecule has 1 N–H and O–H groups in total. The Balaban J connectivity index is 1.77. The number of carbonyl (C=O) groups excluding carboxylic acids is 2. The predicted octanol–water partition coefficient (Wildman–Crippen LogP) is 3.84. The summed E-state index contributed by atoms with van der Waals surface area (Å²) in [6.45, 7) is 4.89. The molecule has 0 aliphatic carbocycles. The van der Waals surface area contributed by atoms with Crippen LogP contribution in [0.3, 0.4) is 0 Å². The van der Waals surface area contributed by atoms with Crippen LogP contribution in [0.25, 0.3) is 6.08 Å². The van der Waals surface area contributed by atoms with Crippen molar-refractivity contribution < 1.29 is 33.6 Å². The molecule has 0 aromatic heterocycles. The molecule has 162 valence electrons. The van der Waals surface area contributed by atoms with Gasteiger partial charge in [0, 0.05) is 13.0 Å². The number of methoxy groups -OCH3 is 1. The number of esters is 1. The van der Waals surface area contributed by atoms with Crippen molar-refractivity contribution in [2.75, 3.05) is 7.11 Å². The number of aromatic hydroxyl groups is 1. The summed E-state index contributed by atoms with van der Waals surface area (Å²) in [7, 11) is 1.41. The number of phenols is 1. The molecule has 0 saturated carbocycles. The quantitative estimate of drug-likeness (QED) is 0.443. The fourth-order valence-corrected chi connectivity index (χ4v) is 4.19. The summed E-state index contributed by atoms with van der Waals surface area (Å²) in [6, 6.07) is 10.9. The highest BCUT2D eigenvalue weighted by Gasteiger charge is 2.58. The van der Waals surface area contributed by atoms with Crippen molar-refractivity contribution in [3.05, 3.63) is 59.2 Å². The molecule has 2 heterocycles. The summed E-state index contributed by atoms with van der Waals surface area (Å²) >= 11 is 0. The third-order valence-corrected chi connectivity index (χ3v) is 5.55. The Labute approximate surface area is 180 Å². The monoisotopic (exact) mass is 424 g/mol. The SMILES string of the molecule is COc1cc2c(c(O)c1C(=O)/C=C/c1ccccc1)C1C(O2)OC(C)(C)C1OC(C)=O. The minimum Gasteiger partial charge on any atom is -0.507 e. The second-order valence-electron chi connectivity index (χ2n) is 8.09. The highest BCUT2D eigenvalue weighted by Crippen LogP contribution is 2.56. The van der Waals surface area contributed by atoms with Crippen LogP contribution in [-0.4, -0.2) is 42.0 Å². The largest absolute Gasteiger partial charge is 0.507 e. The minimum absolute atomic E-state index is 0.0176. The third kappa shape index (κ3) is 3.65. The average molecular weight is 424 g/mol. The molecule has 0 amide bonds. The molecule has 2 aliphatic heterocycles. The summed E-state index contributed by atoms with van der Waals surface area (Å²) in [4.78, 5) is 24.7. The third-order valence-electron chi connectivity index (χ3n) is 5.55. The highest BCUT2D eigenvalue weighted by atomic mass is 16.7. The van der Waals surface area contributed by atoms with Crippen molar-refractivity contribution in [3.63, 3.8) is 0 Å². The Morgan fingerprint density at radius 3 is 2.55 bits per heavy atom. The Kier molecular flexibility index (Phi) is 5.23. The molecule has 0 spiro atoms. The molecule has 2 aliphatic rings. The van der Waals surface area contributed by atoms with Gasteiger partial charge in [-0.15, -0.1) is 0 Å². The summed E-state index contributed by atoms with van der Waals surface area (Å²) in [5, 5.41) is 11.1. The van der Waals surface area contributed by atoms with Gasteiger partial charge in [-0.25, -0.2) is 0 Å². The number of fused-ring (bicyclic) bond motifs is 3. The smallest absolute Gasteiger partial charge is 0.303 e. The maximum absolute atomic E-state index is 13.0. The van der Waals surface area contributed by atoms with E-state index in [1.54, 1.807) is 26.0 Å². The van der Waals surface area contributed by atoms with E-state index >= 15 is 0 Å². The molecular formula is C24H24O7. The maximum Gasteiger partial charge on any atom is 0.303 e. The predicted molar refractivity (Wildman–Crippen MR) is 112 cm³/mol. The average Bonchev–Trinajstić information content (AvgIpc) is 3.18. The van der Waals surface area contributed by atoms with Gasteiger partial charge in [0.25, 0.3) is 0 Å². The van der Waals surface area contributed by atoms with Gasteiger partial charge >= 0.3 is 5.97 Å². The first-order chi connectivity index (χ1) is 14.7. The number of ketones is 1. The van der Waals surface area contributed by atoms with Gasteiger partial charge in [-0.3, -0.25) is 9.59 Å². The van der Waals surface area contributed by atoms with Crippen LogP contribution in [0.1, 0.15) is 48.2 Å². The van der Waals surface area contributed by atoms with Crippen LogP contribution in [0.15, 0.2) is 42.5 Å². The van der Waals surface area contributed by atoms with E-state index in [1.165, 1.54) is 20.1 Å². The van der Waals surface area contributed by atoms with Crippen LogP contribution in [-0.2, 0) is 14.3 Å². The van der Waals surface area contributed by atoms with Crippen molar-refractivity contribution >= 4 is 17.8 Å². The van der Waals surface area contributed by atoms with Gasteiger partial charge in [0.15, 0.2) is 5.78 Å². The number of allylic oxidation sites excluding steroid dienone is 1. The number of carbonyl (C=O) groups is 2. The van der Waals surface area contributed by atoms with Crippen molar-refractivity contribution in [1.82, 2.24) is 0 Å². The zero-order valence-corrected chi connectivity index (χ0v) is 17.7. The molecule has 31 heavy (non-hydrogen) atoms. The molecule has 7 heteroatoms. The molecule has 0 bridgehead atoms. The second-order valence-corrected chi connectivity index (χ2v) is 8.09. The maximum atomic E-state index is 13.0. The van der Waals surface area contributed by atoms with E-state index < -0.39 is 35.7 Å². The Bertz CT molecular complexity index is 1060. The molecule has 0 radical (unpaired) electrons. The normalized spacial score (nSPS) is 23.2. The molecule has 7 nitrogen and oxygen atoms in total. The number of hydrogen-bond acceptors (Lipinski definition) is 7. The van der Waals surface area contributed by atoms with Gasteiger partial charge in [-0.2, -0.15) is 0 Å². The summed E-state index contributed by atoms with van der Waals surface area (Å²) in [6.07, 6.45) is 1.59. The Morgan fingerprint density at radius 1 is 1.19 bits per heavy atom. The van der Waals surface area contributed by atoms with E-state index in [0.717, 1.165) is 5.56 Å². The second kappa shape index (κ2) is 7.74. The van der Waals surface area contributed by atoms with Crippen molar-refractivity contribution in [3.8, 4) is 17.2 Å². The first-order valence-electron chi connectivity index (χ1n) is 9.96. The summed E-state index contributed by atoms with van der Waals surface area (Å²) in [5.41, 5.74) is 0.408. The minimum atomic E-state index is -0.831. The van der Waals surface area contributed by atoms with E-state index in [9.17, 15) is 14.7 Å². The van der Waals surface area contributed by atoms with Crippen LogP contribution in [0, 0.1) is 0 Å². The number of benzene rings is 2. The fourth-order valence-electron chi connectivity index (χ4n) is 4.19. The fraction of sp³-hybridized carbons (Fsp3) is 0.333. The summed E-state index contributed by atoms with van der Waals surface area (Å²) < 4.78 is 22.7. The molecule has 4 rings (SSSR count). The Morgan fingerprint density at radius 2 is 1.90 bits per heavy atom. The van der Waals surface area contributed by atoms with E-state index in [1.807, 2.05) is 30.3 Å². The van der Waals surface area contributed by atoms with Gasteiger partial charge in [0.2, 0.25) is 6.29 Å². The van der Waals surface area contributed by atoms with Crippen molar-refractivity contribution in [2.45, 2.75) is 44.7 Å². The molecule has 2 aromatic rings. The van der Waals surface area contributed by atoms with E-state index in [2.05, 4.69) is 0 Å². The molecule has 1 saturated heterocycles. The van der Waals surface area contributed by atoms with Gasteiger partial charge in [0.1, 0.15) is 34.5 Å². The zero-order chi connectivity index (χ0) is 22.3. The molecular weight excluding hydrogens is 400 g/mol. The van der Waals surface area contributed by atoms with Gasteiger partial charge in [0.05, 0.1) is 18.6 Å². The number of ether oxygens (including phenoxy) is 4. The zero-order valence-electron chi connectivity index (χ0n) is 17.7. The van der Waals surface area contributed by atoms with Gasteiger partial charge < -0.3 is 24.1 Å². The number of rotatable bonds is 5. The van der Waals surface area contributed by atoms with Crippen molar-refractivity contribution in [1.29, 1.82) is 0 Å². The lowest BCUT2D eigenvalue weighted by Crippen LogP contribution is -2.38. The van der Waals surface area contributed by atoms with Crippen LogP contribution in [0.4, 0.5) is 0 Å². The lowest BCUT2D eigenvalue weighted by Gasteiger charge is -2.28. The van der Waals surface area contributed by atoms with Crippen LogP contribution >= 0.6 is 0 Å². The first kappa shape index (κ1) is 20.9. The van der Waals surface area contributed by atoms with Gasteiger partial charge in [-0.1, -0.05) is 36.4 Å². The highest BCUT2D eigenvalue weighted by molar-refractivity contribution is 6.11. The Hall–Kier alpha value is -3.32. The van der Waals surface area contributed by atoms with Crippen LogP contribution in [0.5, 0.6) is 17.2 Å². The number of phenolic OH excluding ortho intramolecular Hbond substituents is 1. The van der Waals surface area contributed by atoms with E-state index in [4.69, 9.17) is 18.9 Å². The molecule has 1 fully saturated rings. The van der Waals surface area contributed by atoms with Crippen LogP contribution in [0.2, 0.25) is 0 Å². The topological polar surface area (TPSA) is 91.3 Å². The lowest BCUT2D eigenvalue weighted by atomic mass is 9.86. The van der Waals surface area contributed by atoms with E-state index in [0.29, 0.717) is 11.3 Å². The standard InChI is InChI=1S/C24H24O7/c1-13(25)29-22-20-19-17(30-23(20)31-24(22,2)3)12-16(28-4)18(21(19)27)15(26)11-10-14-8-6-5-7-9-14/h5-12,20,22-23,27H,1-4H3/b11-10+. The molecule has 2 aromatic carbocycles. The van der Waals surface area contributed by atoms with E-state index in [-0.39, 0.29) is 17.1 Å². The first-order valence-corrected chi connectivity index (χ1v) is 9.96. The molecule has 3 atom stereocenters. The van der Waals surface area contributed by atoms with Gasteiger partial charge in [-0.05, 0) is 25.5 Å². The summed E-state index contributed by atoms with van der Waals surface area (Å²) in [5.74, 6) is -1.21. The molecule has 3 unspecified atom stereocenters. The lowest BCUT2D eigenvalue weighted by molar-refractivity contribution is -0.159.